The lowest BCUT2D eigenvalue weighted by molar-refractivity contribution is 0.241. The number of H-pyrrole nitrogens is 1. The van der Waals surface area contributed by atoms with Crippen molar-refractivity contribution < 1.29 is 13.5 Å². The number of hydrogen-bond donors (Lipinski definition) is 1. The first-order valence-corrected chi connectivity index (χ1v) is 9.21. The Morgan fingerprint density at radius 2 is 2.04 bits per heavy atom. The summed E-state index contributed by atoms with van der Waals surface area (Å²) in [7, 11) is 1.67. The highest BCUT2D eigenvalue weighted by Crippen LogP contribution is 2.31. The van der Waals surface area contributed by atoms with E-state index < -0.39 is 11.6 Å². The second-order valence-corrected chi connectivity index (χ2v) is 7.17. The zero-order chi connectivity index (χ0) is 19.8. The molecule has 1 aliphatic rings. The first kappa shape index (κ1) is 18.6. The van der Waals surface area contributed by atoms with Gasteiger partial charge in [-0.1, -0.05) is 0 Å². The molecule has 4 rings (SSSR count). The number of benzene rings is 1. The molecule has 5 nitrogen and oxygen atoms in total. The summed E-state index contributed by atoms with van der Waals surface area (Å²) in [6.45, 7) is 6.22. The molecule has 0 saturated heterocycles. The number of ether oxygens (including phenoxy) is 1. The van der Waals surface area contributed by atoms with E-state index in [1.165, 1.54) is 6.07 Å². The topological polar surface area (TPSA) is 54.0 Å². The van der Waals surface area contributed by atoms with Crippen LogP contribution in [0.3, 0.4) is 0 Å². The predicted octanol–water partition coefficient (Wildman–Crippen LogP) is 3.93. The maximum absolute atomic E-state index is 13.7. The Morgan fingerprint density at radius 1 is 1.21 bits per heavy atom. The number of hydrogen-bond acceptors (Lipinski definition) is 4. The Bertz CT molecular complexity index is 1030. The van der Waals surface area contributed by atoms with E-state index >= 15 is 0 Å². The number of methoxy groups -OCH3 is 1. The fourth-order valence-electron chi connectivity index (χ4n) is 3.81. The molecule has 2 aromatic heterocycles. The maximum atomic E-state index is 13.7. The van der Waals surface area contributed by atoms with Crippen LogP contribution in [-0.4, -0.2) is 33.7 Å². The fourth-order valence-corrected chi connectivity index (χ4v) is 3.81. The number of pyridine rings is 1. The Labute approximate surface area is 162 Å². The van der Waals surface area contributed by atoms with Gasteiger partial charge in [-0.15, -0.1) is 0 Å². The minimum atomic E-state index is -0.867. The van der Waals surface area contributed by atoms with Crippen molar-refractivity contribution in [3.8, 4) is 17.0 Å². The second kappa shape index (κ2) is 7.31. The van der Waals surface area contributed by atoms with Crippen molar-refractivity contribution in [2.75, 3.05) is 13.7 Å². The van der Waals surface area contributed by atoms with Crippen molar-refractivity contribution in [3.63, 3.8) is 0 Å². The van der Waals surface area contributed by atoms with Gasteiger partial charge in [-0.25, -0.2) is 8.78 Å². The summed E-state index contributed by atoms with van der Waals surface area (Å²) in [4.78, 5) is 6.87. The zero-order valence-electron chi connectivity index (χ0n) is 16.1. The minimum Gasteiger partial charge on any atom is -0.496 e. The average molecular weight is 384 g/mol. The molecular weight excluding hydrogens is 362 g/mol. The molecular formula is C21H22F2N4O. The number of rotatable bonds is 4. The van der Waals surface area contributed by atoms with Crippen molar-refractivity contribution >= 4 is 0 Å². The monoisotopic (exact) mass is 384 g/mol. The summed E-state index contributed by atoms with van der Waals surface area (Å²) in [6.07, 6.45) is 2.65. The zero-order valence-corrected chi connectivity index (χ0v) is 16.1. The van der Waals surface area contributed by atoms with Gasteiger partial charge in [-0.3, -0.25) is 15.0 Å². The normalized spacial score (nSPS) is 14.2. The van der Waals surface area contributed by atoms with E-state index in [4.69, 9.17) is 4.74 Å². The van der Waals surface area contributed by atoms with Crippen LogP contribution in [0.1, 0.15) is 28.1 Å². The molecule has 3 heterocycles. The Morgan fingerprint density at radius 3 is 2.79 bits per heavy atom. The summed E-state index contributed by atoms with van der Waals surface area (Å²) in [6, 6.07) is 3.89. The lowest BCUT2D eigenvalue weighted by Gasteiger charge is -2.27. The van der Waals surface area contributed by atoms with Gasteiger partial charge in [0.25, 0.3) is 0 Å². The van der Waals surface area contributed by atoms with E-state index in [1.807, 2.05) is 20.0 Å². The molecule has 1 N–H and O–H groups in total. The molecule has 3 aromatic rings. The summed E-state index contributed by atoms with van der Waals surface area (Å²) in [5.74, 6) is -0.855. The van der Waals surface area contributed by atoms with Crippen molar-refractivity contribution in [3.05, 3.63) is 64.1 Å². The molecule has 1 aromatic carbocycles. The summed E-state index contributed by atoms with van der Waals surface area (Å²) in [5, 5.41) is 7.41. The summed E-state index contributed by atoms with van der Waals surface area (Å²) < 4.78 is 32.5. The molecule has 0 radical (unpaired) electrons. The average Bonchev–Trinajstić information content (AvgIpc) is 3.10. The van der Waals surface area contributed by atoms with Crippen LogP contribution < -0.4 is 4.74 Å². The lowest BCUT2D eigenvalue weighted by Crippen LogP contribution is -2.30. The third-order valence-electron chi connectivity index (χ3n) is 5.33. The number of aromatic amines is 1. The van der Waals surface area contributed by atoms with Gasteiger partial charge in [0.2, 0.25) is 0 Å². The molecule has 0 spiro atoms. The highest BCUT2D eigenvalue weighted by atomic mass is 19.2. The molecule has 7 heteroatoms. The lowest BCUT2D eigenvalue weighted by atomic mass is 10.0. The molecule has 28 heavy (non-hydrogen) atoms. The van der Waals surface area contributed by atoms with Gasteiger partial charge in [0.1, 0.15) is 5.75 Å². The van der Waals surface area contributed by atoms with Crippen molar-refractivity contribution in [2.45, 2.75) is 33.4 Å². The van der Waals surface area contributed by atoms with Crippen LogP contribution in [0, 0.1) is 25.5 Å². The van der Waals surface area contributed by atoms with Crippen molar-refractivity contribution in [2.24, 2.45) is 0 Å². The Kier molecular flexibility index (Phi) is 4.85. The third kappa shape index (κ3) is 3.26. The molecule has 146 valence electrons. The van der Waals surface area contributed by atoms with Crippen molar-refractivity contribution in [1.82, 2.24) is 20.1 Å². The van der Waals surface area contributed by atoms with Crippen LogP contribution in [0.15, 0.2) is 24.4 Å². The molecule has 0 atom stereocenters. The van der Waals surface area contributed by atoms with E-state index in [-0.39, 0.29) is 0 Å². The fraction of sp³-hybridized carbons (Fsp3) is 0.333. The molecule has 0 unspecified atom stereocenters. The molecule has 0 fully saturated rings. The largest absolute Gasteiger partial charge is 0.496 e. The first-order chi connectivity index (χ1) is 13.5. The van der Waals surface area contributed by atoms with Gasteiger partial charge >= 0.3 is 0 Å². The predicted molar refractivity (Wildman–Crippen MR) is 102 cm³/mol. The number of halogens is 2. The maximum Gasteiger partial charge on any atom is 0.159 e. The van der Waals surface area contributed by atoms with Gasteiger partial charge < -0.3 is 4.74 Å². The Balaban J connectivity index is 1.60. The van der Waals surface area contributed by atoms with Gasteiger partial charge in [0, 0.05) is 60.2 Å². The van der Waals surface area contributed by atoms with Gasteiger partial charge in [-0.2, -0.15) is 5.10 Å². The molecule has 0 bridgehead atoms. The van der Waals surface area contributed by atoms with E-state index in [0.717, 1.165) is 52.9 Å². The van der Waals surface area contributed by atoms with Gasteiger partial charge in [0.15, 0.2) is 11.6 Å². The molecule has 0 amide bonds. The Hall–Kier alpha value is -2.80. The van der Waals surface area contributed by atoms with E-state index in [1.54, 1.807) is 13.2 Å². The van der Waals surface area contributed by atoms with Crippen LogP contribution in [0.5, 0.6) is 5.75 Å². The standard InChI is InChI=1S/C21H22F2N4O/c1-12-9-24-19(13(2)21(12)28-3)11-27-7-6-18-15(10-27)20(26-25-18)14-4-5-16(22)17(23)8-14/h4-5,8-9H,6-7,10-11H2,1-3H3,(H,25,26). The smallest absolute Gasteiger partial charge is 0.159 e. The van der Waals surface area contributed by atoms with Crippen LogP contribution in [0.2, 0.25) is 0 Å². The van der Waals surface area contributed by atoms with Crippen LogP contribution in [0.25, 0.3) is 11.3 Å². The quantitative estimate of drug-likeness (QED) is 0.741. The van der Waals surface area contributed by atoms with E-state index in [9.17, 15) is 8.78 Å². The van der Waals surface area contributed by atoms with Gasteiger partial charge in [0.05, 0.1) is 18.5 Å². The SMILES string of the molecule is COc1c(C)cnc(CN2CCc3[nH]nc(-c4ccc(F)c(F)c4)c3C2)c1C. The number of aryl methyl sites for hydroxylation is 1. The summed E-state index contributed by atoms with van der Waals surface area (Å²) >= 11 is 0. The van der Waals surface area contributed by atoms with Gasteiger partial charge in [-0.05, 0) is 32.0 Å². The highest BCUT2D eigenvalue weighted by Gasteiger charge is 2.24. The van der Waals surface area contributed by atoms with Crippen molar-refractivity contribution in [1.29, 1.82) is 0 Å². The molecule has 1 aliphatic heterocycles. The first-order valence-electron chi connectivity index (χ1n) is 9.21. The number of aromatic nitrogens is 3. The number of nitrogens with one attached hydrogen (secondary N) is 1. The van der Waals surface area contributed by atoms with Crippen LogP contribution >= 0.6 is 0 Å². The number of nitrogens with zero attached hydrogens (tertiary/aromatic N) is 3. The molecule has 0 saturated carbocycles. The summed E-state index contributed by atoms with van der Waals surface area (Å²) in [5.41, 5.74) is 6.34. The van der Waals surface area contributed by atoms with Crippen LogP contribution in [-0.2, 0) is 19.5 Å². The number of fused-ring (bicyclic) bond motifs is 1. The second-order valence-electron chi connectivity index (χ2n) is 7.17. The molecule has 0 aliphatic carbocycles. The van der Waals surface area contributed by atoms with Crippen LogP contribution in [0.4, 0.5) is 8.78 Å². The third-order valence-corrected chi connectivity index (χ3v) is 5.33. The minimum absolute atomic E-state index is 0.574. The van der Waals surface area contributed by atoms with E-state index in [2.05, 4.69) is 20.1 Å². The van der Waals surface area contributed by atoms with E-state index in [0.29, 0.717) is 24.3 Å². The highest BCUT2D eigenvalue weighted by molar-refractivity contribution is 5.64.